The molecule has 1 saturated carbocycles. The number of hydrogen-bond donors (Lipinski definition) is 1. The van der Waals surface area contributed by atoms with Gasteiger partial charge in [-0.25, -0.2) is 0 Å². The van der Waals surface area contributed by atoms with Gasteiger partial charge in [0.1, 0.15) is 0 Å². The van der Waals surface area contributed by atoms with E-state index >= 15 is 0 Å². The van der Waals surface area contributed by atoms with Crippen molar-refractivity contribution in [3.8, 4) is 0 Å². The fraction of sp³-hybridized carbons (Fsp3) is 0.500. The lowest BCUT2D eigenvalue weighted by molar-refractivity contribution is -0.120. The average molecular weight is 313 g/mol. The molecule has 5 nitrogen and oxygen atoms in total. The number of nitrogens with one attached hydrogen (secondary N) is 1. The summed E-state index contributed by atoms with van der Waals surface area (Å²) in [4.78, 5) is 16.5. The van der Waals surface area contributed by atoms with Crippen LogP contribution in [-0.4, -0.2) is 16.0 Å². The van der Waals surface area contributed by atoms with Crippen molar-refractivity contribution >= 4 is 5.91 Å². The number of nitrogens with zero attached hydrogens (tertiary/aromatic N) is 2. The van der Waals surface area contributed by atoms with Gasteiger partial charge in [-0.1, -0.05) is 48.7 Å². The fourth-order valence-corrected chi connectivity index (χ4v) is 3.08. The van der Waals surface area contributed by atoms with Gasteiger partial charge in [-0.05, 0) is 30.9 Å². The largest absolute Gasteiger partial charge is 0.348 e. The number of hydrogen-bond acceptors (Lipinski definition) is 4. The Labute approximate surface area is 136 Å². The second-order valence-corrected chi connectivity index (χ2v) is 6.26. The third-order valence-electron chi connectivity index (χ3n) is 4.49. The van der Waals surface area contributed by atoms with Crippen molar-refractivity contribution in [2.75, 3.05) is 0 Å². The lowest BCUT2D eigenvalue weighted by Gasteiger charge is -2.17. The first kappa shape index (κ1) is 15.7. The van der Waals surface area contributed by atoms with Crippen molar-refractivity contribution in [1.29, 1.82) is 0 Å². The van der Waals surface area contributed by atoms with Gasteiger partial charge in [-0.3, -0.25) is 4.79 Å². The number of rotatable bonds is 5. The molecule has 1 aliphatic rings. The molecule has 3 rings (SSSR count). The van der Waals surface area contributed by atoms with Crippen LogP contribution in [0.3, 0.4) is 0 Å². The number of carbonyl (C=O) groups is 1. The van der Waals surface area contributed by atoms with Gasteiger partial charge in [-0.15, -0.1) is 0 Å². The molecule has 1 aromatic carbocycles. The summed E-state index contributed by atoms with van der Waals surface area (Å²) in [5, 5.41) is 6.85. The number of amides is 1. The van der Waals surface area contributed by atoms with E-state index in [1.807, 2.05) is 31.2 Å². The Morgan fingerprint density at radius 1 is 1.26 bits per heavy atom. The van der Waals surface area contributed by atoms with Crippen molar-refractivity contribution in [2.45, 2.75) is 57.9 Å². The van der Waals surface area contributed by atoms with Crippen molar-refractivity contribution in [3.63, 3.8) is 0 Å². The number of carbonyl (C=O) groups excluding carboxylic acids is 1. The molecule has 0 saturated heterocycles. The quantitative estimate of drug-likeness (QED) is 0.919. The first-order valence-corrected chi connectivity index (χ1v) is 8.36. The molecular weight excluding hydrogens is 290 g/mol. The second kappa shape index (κ2) is 7.40. The highest BCUT2D eigenvalue weighted by atomic mass is 16.5. The zero-order valence-corrected chi connectivity index (χ0v) is 13.5. The van der Waals surface area contributed by atoms with Crippen LogP contribution in [0.2, 0.25) is 0 Å². The Hall–Kier alpha value is -2.17. The smallest absolute Gasteiger partial charge is 0.229 e. The van der Waals surface area contributed by atoms with E-state index in [1.165, 1.54) is 19.3 Å². The zero-order valence-electron chi connectivity index (χ0n) is 13.5. The first-order chi connectivity index (χ1) is 11.2. The van der Waals surface area contributed by atoms with Gasteiger partial charge in [0.15, 0.2) is 5.82 Å². The second-order valence-electron chi connectivity index (χ2n) is 6.26. The molecule has 0 radical (unpaired) electrons. The van der Waals surface area contributed by atoms with Crippen molar-refractivity contribution in [1.82, 2.24) is 15.5 Å². The lowest BCUT2D eigenvalue weighted by Crippen LogP contribution is -2.25. The van der Waals surface area contributed by atoms with Gasteiger partial charge >= 0.3 is 0 Å². The highest BCUT2D eigenvalue weighted by Crippen LogP contribution is 2.31. The Kier molecular flexibility index (Phi) is 5.05. The van der Waals surface area contributed by atoms with Crippen LogP contribution in [0.15, 0.2) is 28.8 Å². The van der Waals surface area contributed by atoms with Gasteiger partial charge in [0, 0.05) is 5.92 Å². The highest BCUT2D eigenvalue weighted by molar-refractivity contribution is 5.78. The van der Waals surface area contributed by atoms with Crippen molar-refractivity contribution in [3.05, 3.63) is 47.1 Å². The minimum atomic E-state index is -0.0247. The maximum Gasteiger partial charge on any atom is 0.229 e. The summed E-state index contributed by atoms with van der Waals surface area (Å²) in [5.74, 6) is 1.66. The van der Waals surface area contributed by atoms with E-state index < -0.39 is 0 Å². The van der Waals surface area contributed by atoms with Crippen LogP contribution in [0.1, 0.15) is 60.9 Å². The number of benzene rings is 1. The molecule has 122 valence electrons. The summed E-state index contributed by atoms with van der Waals surface area (Å²) in [6.45, 7) is 2.33. The molecular formula is C18H23N3O2. The maximum absolute atomic E-state index is 12.0. The zero-order chi connectivity index (χ0) is 16.1. The van der Waals surface area contributed by atoms with Crippen LogP contribution in [-0.2, 0) is 17.8 Å². The molecule has 1 aliphatic carbocycles. The van der Waals surface area contributed by atoms with E-state index in [2.05, 4.69) is 15.5 Å². The summed E-state index contributed by atoms with van der Waals surface area (Å²) in [6, 6.07) is 7.91. The molecule has 0 spiro atoms. The van der Waals surface area contributed by atoms with Crippen LogP contribution < -0.4 is 5.32 Å². The summed E-state index contributed by atoms with van der Waals surface area (Å²) in [5.41, 5.74) is 2.17. The van der Waals surface area contributed by atoms with Gasteiger partial charge in [0.05, 0.1) is 13.0 Å². The first-order valence-electron chi connectivity index (χ1n) is 8.36. The molecule has 0 unspecified atom stereocenters. The Morgan fingerprint density at radius 3 is 2.83 bits per heavy atom. The van der Waals surface area contributed by atoms with Gasteiger partial charge in [-0.2, -0.15) is 4.98 Å². The molecule has 1 fully saturated rings. The molecule has 0 aliphatic heterocycles. The van der Waals surface area contributed by atoms with Crippen LogP contribution in [0.5, 0.6) is 0 Å². The number of aromatic nitrogens is 2. The van der Waals surface area contributed by atoms with E-state index in [4.69, 9.17) is 4.52 Å². The normalized spacial score (nSPS) is 15.5. The maximum atomic E-state index is 12.0. The van der Waals surface area contributed by atoms with Gasteiger partial charge in [0.2, 0.25) is 11.8 Å². The lowest BCUT2D eigenvalue weighted by atomic mass is 9.89. The van der Waals surface area contributed by atoms with E-state index in [1.54, 1.807) is 0 Å². The molecule has 23 heavy (non-hydrogen) atoms. The van der Waals surface area contributed by atoms with Crippen molar-refractivity contribution < 1.29 is 9.32 Å². The summed E-state index contributed by atoms with van der Waals surface area (Å²) < 4.78 is 5.36. The molecule has 2 aromatic rings. The molecule has 0 atom stereocenters. The molecule has 1 heterocycles. The highest BCUT2D eigenvalue weighted by Gasteiger charge is 2.21. The van der Waals surface area contributed by atoms with E-state index in [-0.39, 0.29) is 5.91 Å². The summed E-state index contributed by atoms with van der Waals surface area (Å²) >= 11 is 0. The van der Waals surface area contributed by atoms with E-state index in [9.17, 15) is 4.79 Å². The van der Waals surface area contributed by atoms with Crippen LogP contribution >= 0.6 is 0 Å². The van der Waals surface area contributed by atoms with E-state index in [0.29, 0.717) is 24.7 Å². The standard InChI is InChI=1S/C18H23N3O2/c1-13-7-5-6-10-15(13)11-17(22)19-12-16-20-18(23-21-16)14-8-3-2-4-9-14/h5-7,10,14H,2-4,8-9,11-12H2,1H3,(H,19,22). The summed E-state index contributed by atoms with van der Waals surface area (Å²) in [7, 11) is 0. The van der Waals surface area contributed by atoms with Crippen LogP contribution in [0.4, 0.5) is 0 Å². The monoisotopic (exact) mass is 313 g/mol. The SMILES string of the molecule is Cc1ccccc1CC(=O)NCc1noc(C2CCCCC2)n1. The topological polar surface area (TPSA) is 68.0 Å². The van der Waals surface area contributed by atoms with Gasteiger partial charge in [0.25, 0.3) is 0 Å². The van der Waals surface area contributed by atoms with Gasteiger partial charge < -0.3 is 9.84 Å². The predicted molar refractivity (Wildman–Crippen MR) is 86.9 cm³/mol. The average Bonchev–Trinajstić information content (AvgIpc) is 3.05. The number of aryl methyl sites for hydroxylation is 1. The molecule has 1 aromatic heterocycles. The minimum absolute atomic E-state index is 0.0247. The van der Waals surface area contributed by atoms with E-state index in [0.717, 1.165) is 29.9 Å². The van der Waals surface area contributed by atoms with Crippen LogP contribution in [0, 0.1) is 6.92 Å². The molecule has 1 amide bonds. The predicted octanol–water partition coefficient (Wildman–Crippen LogP) is 3.28. The Balaban J connectivity index is 1.51. The third kappa shape index (κ3) is 4.18. The Morgan fingerprint density at radius 2 is 2.04 bits per heavy atom. The molecule has 1 N–H and O–H groups in total. The van der Waals surface area contributed by atoms with Crippen LogP contribution in [0.25, 0.3) is 0 Å². The minimum Gasteiger partial charge on any atom is -0.348 e. The summed E-state index contributed by atoms with van der Waals surface area (Å²) in [6.07, 6.45) is 6.39. The fourth-order valence-electron chi connectivity index (χ4n) is 3.08. The third-order valence-corrected chi connectivity index (χ3v) is 4.49. The Bertz CT molecular complexity index is 660. The molecule has 0 bridgehead atoms. The van der Waals surface area contributed by atoms with Crippen molar-refractivity contribution in [2.24, 2.45) is 0 Å². The molecule has 5 heteroatoms.